The molecule has 2 N–H and O–H groups in total. The molecule has 1 aliphatic rings. The number of para-hydroxylation sites is 1. The average Bonchev–Trinajstić information content (AvgIpc) is 2.90. The van der Waals surface area contributed by atoms with Crippen molar-refractivity contribution < 1.29 is 23.7 Å². The average molecular weight is 483 g/mol. The number of carbonyl (C=O) groups is 1. The topological polar surface area (TPSA) is 104 Å². The first kappa shape index (κ1) is 24.4. The molecule has 0 spiro atoms. The lowest BCUT2D eigenvalue weighted by molar-refractivity contribution is 0.0734. The molecule has 4 rings (SSSR count). The van der Waals surface area contributed by atoms with Crippen molar-refractivity contribution in [3.05, 3.63) is 108 Å². The van der Waals surface area contributed by atoms with E-state index in [9.17, 15) is 10.1 Å². The number of benzene rings is 3. The van der Waals surface area contributed by atoms with Crippen LogP contribution in [0.15, 0.2) is 90.8 Å². The molecule has 3 aromatic rings. The van der Waals surface area contributed by atoms with Gasteiger partial charge in [-0.05, 0) is 42.8 Å². The van der Waals surface area contributed by atoms with Gasteiger partial charge in [-0.3, -0.25) is 0 Å². The second kappa shape index (κ2) is 11.2. The number of nitrogens with two attached hydrogens (primary N) is 1. The van der Waals surface area contributed by atoms with E-state index in [2.05, 4.69) is 12.6 Å². The third kappa shape index (κ3) is 5.18. The van der Waals surface area contributed by atoms with Crippen molar-refractivity contribution >= 4 is 5.97 Å². The molecule has 182 valence electrons. The van der Waals surface area contributed by atoms with E-state index in [-0.39, 0.29) is 11.6 Å². The first-order chi connectivity index (χ1) is 17.5. The Hall–Kier alpha value is -4.70. The molecular formula is C29H26N2O5. The van der Waals surface area contributed by atoms with Gasteiger partial charge in [0.15, 0.2) is 0 Å². The van der Waals surface area contributed by atoms with Crippen LogP contribution in [0.25, 0.3) is 0 Å². The van der Waals surface area contributed by atoms with Gasteiger partial charge in [-0.2, -0.15) is 5.26 Å². The Morgan fingerprint density at radius 3 is 2.56 bits per heavy atom. The van der Waals surface area contributed by atoms with E-state index in [1.54, 1.807) is 48.5 Å². The van der Waals surface area contributed by atoms with Crippen LogP contribution in [0.3, 0.4) is 0 Å². The molecule has 0 radical (unpaired) electrons. The standard InChI is InChI=1S/C29H26N2O5/c1-3-15-33-20-11-9-19(10-12-20)29(32)35-21-13-14-23-26(17-21)36-28(31)24(18-30)27(23)22-7-5-6-8-25(22)34-16-4-2/h3,5-14,17,27H,1,4,15-16,31H2,2H3. The fraction of sp³-hybridized carbons (Fsp3) is 0.172. The number of carbonyl (C=O) groups excluding carboxylic acids is 1. The lowest BCUT2D eigenvalue weighted by atomic mass is 9.83. The summed E-state index contributed by atoms with van der Waals surface area (Å²) in [7, 11) is 0. The zero-order valence-corrected chi connectivity index (χ0v) is 19.9. The lowest BCUT2D eigenvalue weighted by Gasteiger charge is -2.28. The summed E-state index contributed by atoms with van der Waals surface area (Å²) >= 11 is 0. The van der Waals surface area contributed by atoms with Crippen LogP contribution in [0.1, 0.15) is 40.7 Å². The molecule has 1 unspecified atom stereocenters. The predicted molar refractivity (Wildman–Crippen MR) is 135 cm³/mol. The monoisotopic (exact) mass is 482 g/mol. The van der Waals surface area contributed by atoms with Gasteiger partial charge in [-0.15, -0.1) is 0 Å². The number of hydrogen-bond acceptors (Lipinski definition) is 7. The van der Waals surface area contributed by atoms with Gasteiger partial charge in [0.05, 0.1) is 18.1 Å². The van der Waals surface area contributed by atoms with E-state index in [1.165, 1.54) is 0 Å². The van der Waals surface area contributed by atoms with Crippen LogP contribution < -0.4 is 24.7 Å². The Kier molecular flexibility index (Phi) is 7.57. The number of esters is 1. The maximum absolute atomic E-state index is 12.7. The molecule has 0 amide bonds. The van der Waals surface area contributed by atoms with Crippen LogP contribution in [-0.4, -0.2) is 19.2 Å². The summed E-state index contributed by atoms with van der Waals surface area (Å²) in [5.74, 6) is 0.969. The number of hydrogen-bond donors (Lipinski definition) is 1. The Labute approximate surface area is 210 Å². The van der Waals surface area contributed by atoms with Gasteiger partial charge in [0, 0.05) is 17.2 Å². The molecular weight excluding hydrogens is 456 g/mol. The molecule has 1 heterocycles. The lowest BCUT2D eigenvalue weighted by Crippen LogP contribution is -2.21. The number of allylic oxidation sites excluding steroid dienone is 1. The van der Waals surface area contributed by atoms with Gasteiger partial charge >= 0.3 is 5.97 Å². The van der Waals surface area contributed by atoms with Gasteiger partial charge in [-0.1, -0.05) is 43.8 Å². The number of fused-ring (bicyclic) bond motifs is 1. The smallest absolute Gasteiger partial charge is 0.343 e. The van der Waals surface area contributed by atoms with Crippen molar-refractivity contribution in [2.75, 3.05) is 13.2 Å². The third-order valence-corrected chi connectivity index (χ3v) is 5.55. The van der Waals surface area contributed by atoms with Gasteiger partial charge in [0.2, 0.25) is 5.88 Å². The minimum absolute atomic E-state index is 0.00103. The van der Waals surface area contributed by atoms with E-state index in [0.717, 1.165) is 17.5 Å². The summed E-state index contributed by atoms with van der Waals surface area (Å²) in [5.41, 5.74) is 8.32. The molecule has 0 saturated carbocycles. The zero-order valence-electron chi connectivity index (χ0n) is 19.9. The van der Waals surface area contributed by atoms with Crippen LogP contribution in [0.5, 0.6) is 23.0 Å². The SMILES string of the molecule is C=CCOc1ccc(C(=O)Oc2ccc3c(c2)OC(N)=C(C#N)C3c2ccccc2OCCC)cc1. The van der Waals surface area contributed by atoms with Crippen molar-refractivity contribution in [3.63, 3.8) is 0 Å². The van der Waals surface area contributed by atoms with E-state index in [4.69, 9.17) is 24.7 Å². The molecule has 7 heteroatoms. The molecule has 0 fully saturated rings. The summed E-state index contributed by atoms with van der Waals surface area (Å²) in [5, 5.41) is 9.86. The summed E-state index contributed by atoms with van der Waals surface area (Å²) in [6.45, 7) is 6.56. The van der Waals surface area contributed by atoms with Crippen LogP contribution in [-0.2, 0) is 0 Å². The first-order valence-electron chi connectivity index (χ1n) is 11.5. The van der Waals surface area contributed by atoms with Gasteiger partial charge in [-0.25, -0.2) is 4.79 Å². The van der Waals surface area contributed by atoms with Crippen LogP contribution in [0.4, 0.5) is 0 Å². The highest BCUT2D eigenvalue weighted by molar-refractivity contribution is 5.91. The summed E-state index contributed by atoms with van der Waals surface area (Å²) in [6, 6.07) is 21.4. The number of ether oxygens (including phenoxy) is 4. The molecule has 0 aromatic heterocycles. The third-order valence-electron chi connectivity index (χ3n) is 5.55. The highest BCUT2D eigenvalue weighted by Crippen LogP contribution is 2.45. The van der Waals surface area contributed by atoms with Gasteiger partial charge in [0.1, 0.15) is 41.2 Å². The van der Waals surface area contributed by atoms with E-state index in [1.807, 2.05) is 31.2 Å². The highest BCUT2D eigenvalue weighted by atomic mass is 16.5. The largest absolute Gasteiger partial charge is 0.493 e. The van der Waals surface area contributed by atoms with Gasteiger partial charge < -0.3 is 24.7 Å². The van der Waals surface area contributed by atoms with E-state index < -0.39 is 11.9 Å². The summed E-state index contributed by atoms with van der Waals surface area (Å²) in [6.07, 6.45) is 2.49. The Morgan fingerprint density at radius 1 is 1.08 bits per heavy atom. The summed E-state index contributed by atoms with van der Waals surface area (Å²) in [4.78, 5) is 12.7. The number of nitrogens with zero attached hydrogens (tertiary/aromatic N) is 1. The fourth-order valence-electron chi connectivity index (χ4n) is 3.89. The maximum Gasteiger partial charge on any atom is 0.343 e. The van der Waals surface area contributed by atoms with Crippen molar-refractivity contribution in [2.24, 2.45) is 5.73 Å². The molecule has 0 aliphatic carbocycles. The van der Waals surface area contributed by atoms with E-state index in [0.29, 0.717) is 41.6 Å². The quantitative estimate of drug-likeness (QED) is 0.245. The fourth-order valence-corrected chi connectivity index (χ4v) is 3.89. The number of rotatable bonds is 9. The second-order valence-corrected chi connectivity index (χ2v) is 8.02. The van der Waals surface area contributed by atoms with Crippen LogP contribution in [0, 0.1) is 11.3 Å². The molecule has 3 aromatic carbocycles. The minimum Gasteiger partial charge on any atom is -0.493 e. The first-order valence-corrected chi connectivity index (χ1v) is 11.5. The van der Waals surface area contributed by atoms with Crippen molar-refractivity contribution in [1.82, 2.24) is 0 Å². The predicted octanol–water partition coefficient (Wildman–Crippen LogP) is 5.48. The molecule has 7 nitrogen and oxygen atoms in total. The molecule has 1 aliphatic heterocycles. The maximum atomic E-state index is 12.7. The van der Waals surface area contributed by atoms with Crippen LogP contribution >= 0.6 is 0 Å². The van der Waals surface area contributed by atoms with Crippen molar-refractivity contribution in [1.29, 1.82) is 5.26 Å². The summed E-state index contributed by atoms with van der Waals surface area (Å²) < 4.78 is 22.7. The highest BCUT2D eigenvalue weighted by Gasteiger charge is 2.33. The van der Waals surface area contributed by atoms with Crippen molar-refractivity contribution in [3.8, 4) is 29.1 Å². The zero-order chi connectivity index (χ0) is 25.5. The molecule has 0 saturated heterocycles. The molecule has 0 bridgehead atoms. The van der Waals surface area contributed by atoms with Crippen LogP contribution in [0.2, 0.25) is 0 Å². The minimum atomic E-state index is -0.530. The van der Waals surface area contributed by atoms with E-state index >= 15 is 0 Å². The number of nitriles is 1. The van der Waals surface area contributed by atoms with Gasteiger partial charge in [0.25, 0.3) is 0 Å². The Morgan fingerprint density at radius 2 is 1.83 bits per heavy atom. The second-order valence-electron chi connectivity index (χ2n) is 8.02. The Balaban J connectivity index is 1.62. The Bertz CT molecular complexity index is 1340. The molecule has 1 atom stereocenters. The van der Waals surface area contributed by atoms with Crippen molar-refractivity contribution in [2.45, 2.75) is 19.3 Å². The normalized spacial score (nSPS) is 14.2. The molecule has 36 heavy (non-hydrogen) atoms.